The number of rotatable bonds is 2. The molecule has 0 saturated heterocycles. The number of hydrogen-bond donors (Lipinski definition) is 0. The molecule has 0 bridgehead atoms. The van der Waals surface area contributed by atoms with Crippen molar-refractivity contribution < 1.29 is 4.79 Å². The number of nitrogens with zero attached hydrogens (tertiary/aromatic N) is 1. The fourth-order valence-corrected chi connectivity index (χ4v) is 2.32. The first-order valence-electron chi connectivity index (χ1n) is 5.49. The third kappa shape index (κ3) is 1.68. The highest BCUT2D eigenvalue weighted by molar-refractivity contribution is 5.88. The highest BCUT2D eigenvalue weighted by Crippen LogP contribution is 2.42. The molecular formula is C12H19NO. The van der Waals surface area contributed by atoms with Crippen molar-refractivity contribution in [3.63, 3.8) is 0 Å². The van der Waals surface area contributed by atoms with Crippen LogP contribution in [-0.4, -0.2) is 5.78 Å². The first-order valence-corrected chi connectivity index (χ1v) is 5.49. The molecule has 1 rings (SSSR count). The van der Waals surface area contributed by atoms with Crippen molar-refractivity contribution in [3.05, 3.63) is 0 Å². The van der Waals surface area contributed by atoms with E-state index in [-0.39, 0.29) is 11.7 Å². The normalized spacial score (nSPS) is 30.1. The van der Waals surface area contributed by atoms with Crippen molar-refractivity contribution in [3.8, 4) is 6.07 Å². The Kier molecular flexibility index (Phi) is 3.31. The quantitative estimate of drug-likeness (QED) is 0.676. The average Bonchev–Trinajstić information content (AvgIpc) is 2.18. The summed E-state index contributed by atoms with van der Waals surface area (Å²) in [4.78, 5) is 11.9. The van der Waals surface area contributed by atoms with Crippen LogP contribution >= 0.6 is 0 Å². The molecule has 2 unspecified atom stereocenters. The van der Waals surface area contributed by atoms with E-state index in [1.807, 2.05) is 6.92 Å². The zero-order chi connectivity index (χ0) is 10.8. The van der Waals surface area contributed by atoms with Crippen LogP contribution in [0.25, 0.3) is 0 Å². The van der Waals surface area contributed by atoms with Crippen molar-refractivity contribution in [2.24, 2.45) is 17.3 Å². The smallest absolute Gasteiger partial charge is 0.153 e. The summed E-state index contributed by atoms with van der Waals surface area (Å²) < 4.78 is 0. The van der Waals surface area contributed by atoms with Crippen LogP contribution in [0.5, 0.6) is 0 Å². The lowest BCUT2D eigenvalue weighted by molar-refractivity contribution is -0.131. The van der Waals surface area contributed by atoms with Gasteiger partial charge in [0.05, 0.1) is 6.07 Å². The summed E-state index contributed by atoms with van der Waals surface area (Å²) in [5.41, 5.74) is -0.674. The van der Waals surface area contributed by atoms with Gasteiger partial charge in [-0.2, -0.15) is 5.26 Å². The van der Waals surface area contributed by atoms with Crippen LogP contribution in [0.2, 0.25) is 0 Å². The molecule has 78 valence electrons. The van der Waals surface area contributed by atoms with E-state index in [0.717, 1.165) is 19.3 Å². The second kappa shape index (κ2) is 4.13. The van der Waals surface area contributed by atoms with Crippen LogP contribution in [0, 0.1) is 28.6 Å². The lowest BCUT2D eigenvalue weighted by Gasteiger charge is -2.36. The van der Waals surface area contributed by atoms with E-state index in [1.165, 1.54) is 0 Å². The zero-order valence-corrected chi connectivity index (χ0v) is 9.34. The van der Waals surface area contributed by atoms with Gasteiger partial charge in [0.1, 0.15) is 5.41 Å². The van der Waals surface area contributed by atoms with Crippen molar-refractivity contribution in [2.45, 2.75) is 46.5 Å². The van der Waals surface area contributed by atoms with Crippen LogP contribution in [-0.2, 0) is 4.79 Å². The van der Waals surface area contributed by atoms with E-state index in [2.05, 4.69) is 19.9 Å². The maximum atomic E-state index is 11.9. The summed E-state index contributed by atoms with van der Waals surface area (Å²) in [6.45, 7) is 6.22. The van der Waals surface area contributed by atoms with Gasteiger partial charge >= 0.3 is 0 Å². The van der Waals surface area contributed by atoms with Gasteiger partial charge in [0.2, 0.25) is 0 Å². The Morgan fingerprint density at radius 1 is 1.36 bits per heavy atom. The Morgan fingerprint density at radius 3 is 2.43 bits per heavy atom. The number of ketones is 1. The molecule has 0 radical (unpaired) electrons. The van der Waals surface area contributed by atoms with Gasteiger partial charge in [-0.1, -0.05) is 27.2 Å². The standard InChI is InChI=1S/C12H19NO/c1-9(2)10(3)12(8-13)7-5-4-6-11(12)14/h9-10H,4-7H2,1-3H3. The van der Waals surface area contributed by atoms with E-state index in [1.54, 1.807) is 0 Å². The maximum absolute atomic E-state index is 11.9. The lowest BCUT2D eigenvalue weighted by Crippen LogP contribution is -2.40. The molecule has 2 heteroatoms. The third-order valence-electron chi connectivity index (χ3n) is 3.70. The first-order chi connectivity index (χ1) is 6.54. The molecular weight excluding hydrogens is 174 g/mol. The minimum Gasteiger partial charge on any atom is -0.298 e. The summed E-state index contributed by atoms with van der Waals surface area (Å²) in [7, 11) is 0. The SMILES string of the molecule is CC(C)C(C)C1(C#N)CCCCC1=O. The monoisotopic (exact) mass is 193 g/mol. The predicted octanol–water partition coefficient (Wildman–Crippen LogP) is 2.93. The Hall–Kier alpha value is -0.840. The molecule has 0 spiro atoms. The number of Topliss-reactive ketones (excluding diaryl/α,β-unsaturated/α-hetero) is 1. The molecule has 0 amide bonds. The first kappa shape index (κ1) is 11.2. The second-order valence-corrected chi connectivity index (χ2v) is 4.75. The van der Waals surface area contributed by atoms with Gasteiger partial charge in [-0.15, -0.1) is 0 Å². The van der Waals surface area contributed by atoms with Gasteiger partial charge in [-0.05, 0) is 24.7 Å². The molecule has 0 heterocycles. The molecule has 0 N–H and O–H groups in total. The van der Waals surface area contributed by atoms with E-state index in [0.29, 0.717) is 12.3 Å². The van der Waals surface area contributed by atoms with Crippen LogP contribution in [0.4, 0.5) is 0 Å². The summed E-state index contributed by atoms with van der Waals surface area (Å²) >= 11 is 0. The molecule has 2 atom stereocenters. The van der Waals surface area contributed by atoms with Crippen LogP contribution in [0.3, 0.4) is 0 Å². The van der Waals surface area contributed by atoms with Crippen LogP contribution in [0.1, 0.15) is 46.5 Å². The van der Waals surface area contributed by atoms with E-state index in [4.69, 9.17) is 0 Å². The molecule has 1 aliphatic carbocycles. The van der Waals surface area contributed by atoms with E-state index in [9.17, 15) is 10.1 Å². The second-order valence-electron chi connectivity index (χ2n) is 4.75. The fraction of sp³-hybridized carbons (Fsp3) is 0.833. The van der Waals surface area contributed by atoms with E-state index < -0.39 is 5.41 Å². The number of carbonyl (C=O) groups excluding carboxylic acids is 1. The zero-order valence-electron chi connectivity index (χ0n) is 9.34. The average molecular weight is 193 g/mol. The molecule has 0 aliphatic heterocycles. The largest absolute Gasteiger partial charge is 0.298 e. The maximum Gasteiger partial charge on any atom is 0.153 e. The Morgan fingerprint density at radius 2 is 2.00 bits per heavy atom. The van der Waals surface area contributed by atoms with Crippen molar-refractivity contribution in [1.29, 1.82) is 5.26 Å². The van der Waals surface area contributed by atoms with Gasteiger partial charge in [0, 0.05) is 6.42 Å². The van der Waals surface area contributed by atoms with E-state index >= 15 is 0 Å². The summed E-state index contributed by atoms with van der Waals surface area (Å²) in [5.74, 6) is 0.754. The number of carbonyl (C=O) groups is 1. The Bertz CT molecular complexity index is 264. The van der Waals surface area contributed by atoms with Crippen molar-refractivity contribution in [1.82, 2.24) is 0 Å². The minimum absolute atomic E-state index is 0.174. The highest BCUT2D eigenvalue weighted by Gasteiger charge is 2.45. The summed E-state index contributed by atoms with van der Waals surface area (Å²) in [6, 6.07) is 2.30. The van der Waals surface area contributed by atoms with Crippen molar-refractivity contribution >= 4 is 5.78 Å². The molecule has 2 nitrogen and oxygen atoms in total. The van der Waals surface area contributed by atoms with Crippen molar-refractivity contribution in [2.75, 3.05) is 0 Å². The molecule has 0 aromatic heterocycles. The minimum atomic E-state index is -0.674. The Balaban J connectivity index is 2.95. The lowest BCUT2D eigenvalue weighted by atomic mass is 9.63. The molecule has 14 heavy (non-hydrogen) atoms. The number of nitriles is 1. The van der Waals surface area contributed by atoms with Gasteiger partial charge in [0.15, 0.2) is 5.78 Å². The number of hydrogen-bond acceptors (Lipinski definition) is 2. The van der Waals surface area contributed by atoms with Crippen LogP contribution < -0.4 is 0 Å². The van der Waals surface area contributed by atoms with Gasteiger partial charge in [-0.3, -0.25) is 4.79 Å². The molecule has 1 fully saturated rings. The third-order valence-corrected chi connectivity index (χ3v) is 3.70. The molecule has 1 aliphatic rings. The van der Waals surface area contributed by atoms with Crippen LogP contribution in [0.15, 0.2) is 0 Å². The molecule has 0 aromatic rings. The molecule has 0 aromatic carbocycles. The summed E-state index contributed by atoms with van der Waals surface area (Å²) in [6.07, 6.45) is 3.36. The van der Waals surface area contributed by atoms with Gasteiger partial charge in [-0.25, -0.2) is 0 Å². The summed E-state index contributed by atoms with van der Waals surface area (Å²) in [5, 5.41) is 9.26. The van der Waals surface area contributed by atoms with Gasteiger partial charge < -0.3 is 0 Å². The fourth-order valence-electron chi connectivity index (χ4n) is 2.32. The predicted molar refractivity (Wildman–Crippen MR) is 55.5 cm³/mol. The highest BCUT2D eigenvalue weighted by atomic mass is 16.1. The Labute approximate surface area is 86.3 Å². The van der Waals surface area contributed by atoms with Gasteiger partial charge in [0.25, 0.3) is 0 Å². The topological polar surface area (TPSA) is 40.9 Å². The molecule has 1 saturated carbocycles.